The van der Waals surface area contributed by atoms with E-state index in [2.05, 4.69) is 13.8 Å². The van der Waals surface area contributed by atoms with Crippen LogP contribution in [0.5, 0.6) is 0 Å². The zero-order chi connectivity index (χ0) is 18.1. The van der Waals surface area contributed by atoms with Crippen LogP contribution < -0.4 is 0 Å². The van der Waals surface area contributed by atoms with Gasteiger partial charge in [-0.05, 0) is 49.9 Å². The van der Waals surface area contributed by atoms with E-state index < -0.39 is 5.92 Å². The van der Waals surface area contributed by atoms with Crippen molar-refractivity contribution in [2.75, 3.05) is 6.61 Å². The predicted molar refractivity (Wildman–Crippen MR) is 101 cm³/mol. The molecule has 2 saturated carbocycles. The summed E-state index contributed by atoms with van der Waals surface area (Å²) in [5, 5.41) is 0. The van der Waals surface area contributed by atoms with Crippen molar-refractivity contribution >= 4 is 11.8 Å². The lowest BCUT2D eigenvalue weighted by atomic mass is 9.68. The quantitative estimate of drug-likeness (QED) is 0.304. The van der Waals surface area contributed by atoms with Crippen molar-refractivity contribution in [2.24, 2.45) is 23.7 Å². The average Bonchev–Trinajstić information content (AvgIpc) is 2.62. The zero-order valence-electron chi connectivity index (χ0n) is 16.4. The van der Waals surface area contributed by atoms with Gasteiger partial charge in [0.05, 0.1) is 6.61 Å². The molecule has 3 nitrogen and oxygen atoms in total. The Morgan fingerprint density at radius 1 is 0.920 bits per heavy atom. The molecule has 3 heteroatoms. The van der Waals surface area contributed by atoms with Crippen molar-refractivity contribution in [1.29, 1.82) is 0 Å². The van der Waals surface area contributed by atoms with Gasteiger partial charge in [0.25, 0.3) is 0 Å². The molecule has 0 aromatic heterocycles. The largest absolute Gasteiger partial charge is 0.465 e. The summed E-state index contributed by atoms with van der Waals surface area (Å²) in [6.45, 7) is 4.80. The number of esters is 1. The van der Waals surface area contributed by atoms with Gasteiger partial charge in [0, 0.05) is 6.42 Å². The molecule has 0 heterocycles. The van der Waals surface area contributed by atoms with Crippen LogP contribution in [0.1, 0.15) is 97.3 Å². The maximum atomic E-state index is 12.5. The summed E-state index contributed by atoms with van der Waals surface area (Å²) in [5.41, 5.74) is 0. The first-order chi connectivity index (χ1) is 12.2. The third kappa shape index (κ3) is 6.42. The maximum Gasteiger partial charge on any atom is 0.316 e. The molecule has 0 bridgehead atoms. The van der Waals surface area contributed by atoms with Gasteiger partial charge in [-0.25, -0.2) is 0 Å². The Balaban J connectivity index is 1.70. The Hall–Kier alpha value is -0.860. The van der Waals surface area contributed by atoms with Crippen molar-refractivity contribution in [3.05, 3.63) is 0 Å². The lowest BCUT2D eigenvalue weighted by Gasteiger charge is -2.36. The molecule has 0 aromatic carbocycles. The molecule has 2 fully saturated rings. The molecule has 2 aliphatic carbocycles. The van der Waals surface area contributed by atoms with Gasteiger partial charge >= 0.3 is 5.97 Å². The number of ketones is 1. The second-order valence-corrected chi connectivity index (χ2v) is 8.36. The predicted octanol–water partition coefficient (Wildman–Crippen LogP) is 5.70. The number of hydrogen-bond acceptors (Lipinski definition) is 3. The average molecular weight is 351 g/mol. The van der Waals surface area contributed by atoms with E-state index in [1.807, 2.05) is 0 Å². The lowest BCUT2D eigenvalue weighted by Crippen LogP contribution is -2.35. The molecule has 2 atom stereocenters. The SMILES string of the molecule is CCCCC[C@H]1CC[C@H](C2CCC(C(=O)OCCCC)C(=O)C2)CC1. The van der Waals surface area contributed by atoms with Crippen molar-refractivity contribution in [2.45, 2.75) is 97.3 Å². The van der Waals surface area contributed by atoms with Crippen molar-refractivity contribution in [3.8, 4) is 0 Å². The smallest absolute Gasteiger partial charge is 0.316 e. The number of ether oxygens (including phenoxy) is 1. The van der Waals surface area contributed by atoms with Crippen LogP contribution in [0.2, 0.25) is 0 Å². The van der Waals surface area contributed by atoms with Crippen molar-refractivity contribution in [3.63, 3.8) is 0 Å². The number of rotatable bonds is 9. The summed E-state index contributed by atoms with van der Waals surface area (Å²) in [6, 6.07) is 0. The van der Waals surface area contributed by atoms with Crippen LogP contribution >= 0.6 is 0 Å². The Labute approximate surface area is 154 Å². The van der Waals surface area contributed by atoms with Crippen LogP contribution in [0.4, 0.5) is 0 Å². The highest BCUT2D eigenvalue weighted by Crippen LogP contribution is 2.41. The molecule has 0 N–H and O–H groups in total. The number of Topliss-reactive ketones (excluding diaryl/α,β-unsaturated/α-hetero) is 1. The van der Waals surface area contributed by atoms with Gasteiger partial charge in [-0.15, -0.1) is 0 Å². The van der Waals surface area contributed by atoms with E-state index in [-0.39, 0.29) is 11.8 Å². The van der Waals surface area contributed by atoms with Gasteiger partial charge in [0.1, 0.15) is 11.7 Å². The second-order valence-electron chi connectivity index (χ2n) is 8.36. The minimum Gasteiger partial charge on any atom is -0.465 e. The molecule has 2 aliphatic rings. The van der Waals surface area contributed by atoms with E-state index in [0.29, 0.717) is 31.3 Å². The van der Waals surface area contributed by atoms with Gasteiger partial charge in [-0.3, -0.25) is 9.59 Å². The number of hydrogen-bond donors (Lipinski definition) is 0. The monoisotopic (exact) mass is 350 g/mol. The summed E-state index contributed by atoms with van der Waals surface area (Å²) in [7, 11) is 0. The minimum atomic E-state index is -0.474. The van der Waals surface area contributed by atoms with E-state index in [9.17, 15) is 9.59 Å². The van der Waals surface area contributed by atoms with Crippen LogP contribution in [0.15, 0.2) is 0 Å². The molecule has 2 rings (SSSR count). The summed E-state index contributed by atoms with van der Waals surface area (Å²) < 4.78 is 5.27. The number of carbonyl (C=O) groups is 2. The molecule has 0 saturated heterocycles. The summed E-state index contributed by atoms with van der Waals surface area (Å²) in [5.74, 6) is 1.55. The number of carbonyl (C=O) groups excluding carboxylic acids is 2. The van der Waals surface area contributed by atoms with E-state index in [4.69, 9.17) is 4.74 Å². The van der Waals surface area contributed by atoms with E-state index in [1.54, 1.807) is 0 Å². The molecular formula is C22H38O3. The van der Waals surface area contributed by atoms with Crippen LogP contribution in [0.3, 0.4) is 0 Å². The van der Waals surface area contributed by atoms with E-state index in [1.165, 1.54) is 51.4 Å². The fourth-order valence-corrected chi connectivity index (χ4v) is 4.75. The summed E-state index contributed by atoms with van der Waals surface area (Å²) >= 11 is 0. The second kappa shape index (κ2) is 11.0. The normalized spacial score (nSPS) is 30.2. The molecule has 25 heavy (non-hydrogen) atoms. The van der Waals surface area contributed by atoms with Crippen LogP contribution in [0.25, 0.3) is 0 Å². The summed E-state index contributed by atoms with van der Waals surface area (Å²) in [6.07, 6.45) is 15.0. The van der Waals surface area contributed by atoms with Gasteiger partial charge in [-0.2, -0.15) is 0 Å². The van der Waals surface area contributed by atoms with Crippen molar-refractivity contribution < 1.29 is 14.3 Å². The molecule has 0 spiro atoms. The molecule has 0 amide bonds. The Bertz CT molecular complexity index is 409. The Kier molecular flexibility index (Phi) is 8.98. The van der Waals surface area contributed by atoms with Gasteiger partial charge in [-0.1, -0.05) is 58.8 Å². The van der Waals surface area contributed by atoms with Crippen molar-refractivity contribution in [1.82, 2.24) is 0 Å². The third-order valence-corrected chi connectivity index (χ3v) is 6.48. The van der Waals surface area contributed by atoms with Crippen LogP contribution in [-0.4, -0.2) is 18.4 Å². The highest BCUT2D eigenvalue weighted by molar-refractivity contribution is 5.99. The van der Waals surface area contributed by atoms with Gasteiger partial charge in [0.2, 0.25) is 0 Å². The van der Waals surface area contributed by atoms with E-state index in [0.717, 1.165) is 25.2 Å². The van der Waals surface area contributed by atoms with Crippen LogP contribution in [-0.2, 0) is 14.3 Å². The molecule has 2 unspecified atom stereocenters. The zero-order valence-corrected chi connectivity index (χ0v) is 16.4. The first-order valence-corrected chi connectivity index (χ1v) is 10.8. The number of unbranched alkanes of at least 4 members (excludes halogenated alkanes) is 3. The molecule has 144 valence electrons. The molecule has 0 aliphatic heterocycles. The first-order valence-electron chi connectivity index (χ1n) is 10.8. The highest BCUT2D eigenvalue weighted by atomic mass is 16.5. The van der Waals surface area contributed by atoms with E-state index >= 15 is 0 Å². The first kappa shape index (κ1) is 20.5. The van der Waals surface area contributed by atoms with Gasteiger partial charge in [0.15, 0.2) is 0 Å². The fraction of sp³-hybridized carbons (Fsp3) is 0.909. The molecule has 0 aromatic rings. The lowest BCUT2D eigenvalue weighted by molar-refractivity contribution is -0.154. The Morgan fingerprint density at radius 3 is 2.24 bits per heavy atom. The maximum absolute atomic E-state index is 12.5. The third-order valence-electron chi connectivity index (χ3n) is 6.48. The molecular weight excluding hydrogens is 312 g/mol. The Morgan fingerprint density at radius 2 is 1.60 bits per heavy atom. The minimum absolute atomic E-state index is 0.141. The highest BCUT2D eigenvalue weighted by Gasteiger charge is 2.38. The standard InChI is InChI=1S/C22H38O3/c1-3-5-7-8-17-9-11-18(12-10-17)19-13-14-20(21(23)16-19)22(24)25-15-6-4-2/h17-20H,3-16H2,1-2H3/t17-,18-,19?,20?. The fourth-order valence-electron chi connectivity index (χ4n) is 4.75. The van der Waals surface area contributed by atoms with Gasteiger partial charge < -0.3 is 4.74 Å². The topological polar surface area (TPSA) is 43.4 Å². The summed E-state index contributed by atoms with van der Waals surface area (Å²) in [4.78, 5) is 24.6. The molecule has 0 radical (unpaired) electrons. The van der Waals surface area contributed by atoms with Crippen LogP contribution in [0, 0.1) is 23.7 Å².